The third-order valence-corrected chi connectivity index (χ3v) is 4.41. The van der Waals surface area contributed by atoms with Gasteiger partial charge < -0.3 is 9.47 Å². The lowest BCUT2D eigenvalue weighted by Gasteiger charge is -2.11. The summed E-state index contributed by atoms with van der Waals surface area (Å²) in [5.41, 5.74) is 0.419. The number of hydrogen-bond acceptors (Lipinski definition) is 4. The molecular formula is C18H13Cl2FO4. The van der Waals surface area contributed by atoms with Crippen LogP contribution in [0.3, 0.4) is 0 Å². The van der Waals surface area contributed by atoms with Crippen LogP contribution in [0.15, 0.2) is 30.3 Å². The molecule has 4 nitrogen and oxygen atoms in total. The number of halogens is 3. The Morgan fingerprint density at radius 1 is 1.24 bits per heavy atom. The van der Waals surface area contributed by atoms with Crippen molar-refractivity contribution in [2.75, 3.05) is 6.61 Å². The van der Waals surface area contributed by atoms with Gasteiger partial charge in [-0.25, -0.2) is 9.18 Å². The number of Topliss-reactive ketones (excluding diaryl/α,β-unsaturated/α-hetero) is 1. The lowest BCUT2D eigenvalue weighted by Crippen LogP contribution is -2.19. The predicted octanol–water partition coefficient (Wildman–Crippen LogP) is 4.81. The van der Waals surface area contributed by atoms with Crippen LogP contribution in [-0.2, 0) is 4.79 Å². The van der Waals surface area contributed by atoms with Gasteiger partial charge in [-0.15, -0.1) is 0 Å². The lowest BCUT2D eigenvalue weighted by molar-refractivity contribution is -0.136. The fraction of sp³-hybridized carbons (Fsp3) is 0.222. The molecule has 130 valence electrons. The smallest absolute Gasteiger partial charge is 0.349 e. The highest BCUT2D eigenvalue weighted by molar-refractivity contribution is 6.35. The van der Waals surface area contributed by atoms with Crippen LogP contribution in [0.4, 0.5) is 4.39 Å². The Morgan fingerprint density at radius 3 is 2.68 bits per heavy atom. The Morgan fingerprint density at radius 2 is 1.96 bits per heavy atom. The van der Waals surface area contributed by atoms with Gasteiger partial charge >= 0.3 is 5.97 Å². The minimum absolute atomic E-state index is 0.0431. The van der Waals surface area contributed by atoms with Gasteiger partial charge in [0.25, 0.3) is 0 Å². The van der Waals surface area contributed by atoms with Gasteiger partial charge in [-0.05, 0) is 36.2 Å². The number of esters is 1. The summed E-state index contributed by atoms with van der Waals surface area (Å²) in [6, 6.07) is 7.04. The first-order valence-corrected chi connectivity index (χ1v) is 8.26. The quantitative estimate of drug-likeness (QED) is 0.562. The Kier molecular flexibility index (Phi) is 4.97. The Balaban J connectivity index is 1.73. The number of fused-ring (bicyclic) bond motifs is 1. The molecular weight excluding hydrogens is 370 g/mol. The molecule has 1 atom stereocenters. The molecule has 0 saturated heterocycles. The summed E-state index contributed by atoms with van der Waals surface area (Å²) >= 11 is 11.7. The van der Waals surface area contributed by atoms with E-state index in [1.807, 2.05) is 0 Å². The summed E-state index contributed by atoms with van der Waals surface area (Å²) in [6.45, 7) is 1.33. The first-order chi connectivity index (χ1) is 11.9. The number of carbonyl (C=O) groups is 2. The number of rotatable bonds is 4. The minimum atomic E-state index is -0.729. The number of hydrogen-bond donors (Lipinski definition) is 0. The molecule has 0 amide bonds. The van der Waals surface area contributed by atoms with Crippen LogP contribution >= 0.6 is 23.2 Å². The van der Waals surface area contributed by atoms with E-state index in [1.165, 1.54) is 24.3 Å². The molecule has 0 radical (unpaired) electrons. The minimum Gasteiger partial charge on any atom is -0.480 e. The van der Waals surface area contributed by atoms with Gasteiger partial charge in [0.05, 0.1) is 10.6 Å². The van der Waals surface area contributed by atoms with E-state index in [-0.39, 0.29) is 45.8 Å². The van der Waals surface area contributed by atoms with Crippen LogP contribution in [0.2, 0.25) is 10.0 Å². The van der Waals surface area contributed by atoms with Crippen LogP contribution in [0.5, 0.6) is 11.5 Å². The van der Waals surface area contributed by atoms with E-state index in [1.54, 1.807) is 13.0 Å². The molecule has 1 aliphatic carbocycles. The average Bonchev–Trinajstić information content (AvgIpc) is 2.85. The highest BCUT2D eigenvalue weighted by Crippen LogP contribution is 2.39. The first-order valence-electron chi connectivity index (χ1n) is 7.51. The van der Waals surface area contributed by atoms with E-state index < -0.39 is 18.4 Å². The van der Waals surface area contributed by atoms with Crippen molar-refractivity contribution in [2.24, 2.45) is 0 Å². The second kappa shape index (κ2) is 7.02. The third kappa shape index (κ3) is 3.62. The molecule has 0 aliphatic heterocycles. The van der Waals surface area contributed by atoms with Gasteiger partial charge in [-0.2, -0.15) is 0 Å². The van der Waals surface area contributed by atoms with E-state index in [0.717, 1.165) is 0 Å². The fourth-order valence-electron chi connectivity index (χ4n) is 2.79. The zero-order chi connectivity index (χ0) is 18.1. The van der Waals surface area contributed by atoms with E-state index in [4.69, 9.17) is 32.7 Å². The molecule has 0 aromatic heterocycles. The van der Waals surface area contributed by atoms with Crippen LogP contribution in [0.1, 0.15) is 35.2 Å². The monoisotopic (exact) mass is 382 g/mol. The second-order valence-electron chi connectivity index (χ2n) is 5.70. The molecule has 0 fully saturated rings. The summed E-state index contributed by atoms with van der Waals surface area (Å²) in [5.74, 6) is -1.38. The van der Waals surface area contributed by atoms with E-state index in [9.17, 15) is 14.0 Å². The number of ketones is 1. The summed E-state index contributed by atoms with van der Waals surface area (Å²) < 4.78 is 24.4. The highest BCUT2D eigenvalue weighted by Gasteiger charge is 2.33. The maximum absolute atomic E-state index is 13.9. The van der Waals surface area contributed by atoms with Gasteiger partial charge in [-0.1, -0.05) is 30.1 Å². The molecule has 2 aromatic rings. The molecule has 1 unspecified atom stereocenters. The lowest BCUT2D eigenvalue weighted by atomic mass is 10.0. The van der Waals surface area contributed by atoms with E-state index in [0.29, 0.717) is 5.02 Å². The van der Waals surface area contributed by atoms with Crippen molar-refractivity contribution in [3.8, 4) is 11.5 Å². The highest BCUT2D eigenvalue weighted by atomic mass is 35.5. The van der Waals surface area contributed by atoms with Crippen molar-refractivity contribution >= 4 is 35.0 Å². The van der Waals surface area contributed by atoms with Crippen LogP contribution in [-0.4, -0.2) is 18.4 Å². The second-order valence-corrected chi connectivity index (χ2v) is 6.54. The molecule has 0 bridgehead atoms. The molecule has 2 aromatic carbocycles. The number of benzene rings is 2. The van der Waals surface area contributed by atoms with Crippen LogP contribution in [0.25, 0.3) is 0 Å². The first kappa shape index (κ1) is 17.7. The van der Waals surface area contributed by atoms with Gasteiger partial charge in [0.1, 0.15) is 17.3 Å². The number of carbonyl (C=O) groups excluding carboxylic acids is 2. The predicted molar refractivity (Wildman–Crippen MR) is 91.4 cm³/mol. The Bertz CT molecular complexity index is 866. The summed E-state index contributed by atoms with van der Waals surface area (Å²) in [7, 11) is 0. The molecule has 0 heterocycles. The summed E-state index contributed by atoms with van der Waals surface area (Å²) in [4.78, 5) is 24.1. The Labute approximate surface area is 153 Å². The van der Waals surface area contributed by atoms with E-state index in [2.05, 4.69) is 0 Å². The van der Waals surface area contributed by atoms with Crippen molar-refractivity contribution in [1.29, 1.82) is 0 Å². The molecule has 0 N–H and O–H groups in total. The maximum atomic E-state index is 13.9. The standard InChI is InChI=1S/C18H13Cl2FO4/c1-9-6-13(22)18-15(5-3-12(21)17(9)18)25-16(23)8-24-14-4-2-10(19)7-11(14)20/h2-5,7,9H,6,8H2,1H3. The largest absolute Gasteiger partial charge is 0.480 e. The molecule has 7 heteroatoms. The van der Waals surface area contributed by atoms with Crippen molar-refractivity contribution in [3.05, 3.63) is 57.3 Å². The van der Waals surface area contributed by atoms with Crippen LogP contribution in [0, 0.1) is 5.82 Å². The molecule has 25 heavy (non-hydrogen) atoms. The molecule has 0 saturated carbocycles. The van der Waals surface area contributed by atoms with Crippen molar-refractivity contribution in [2.45, 2.75) is 19.3 Å². The topological polar surface area (TPSA) is 52.6 Å². The van der Waals surface area contributed by atoms with Crippen LogP contribution < -0.4 is 9.47 Å². The Hall–Kier alpha value is -2.11. The maximum Gasteiger partial charge on any atom is 0.349 e. The van der Waals surface area contributed by atoms with Gasteiger partial charge in [0.15, 0.2) is 12.4 Å². The summed E-state index contributed by atoms with van der Waals surface area (Å²) in [6.07, 6.45) is 0.192. The normalized spacial score (nSPS) is 15.8. The van der Waals surface area contributed by atoms with Gasteiger partial charge in [-0.3, -0.25) is 4.79 Å². The molecule has 0 spiro atoms. The van der Waals surface area contributed by atoms with Crippen molar-refractivity contribution < 1.29 is 23.5 Å². The number of ether oxygens (including phenoxy) is 2. The summed E-state index contributed by atoms with van der Waals surface area (Å²) in [5, 5.41) is 0.696. The SMILES string of the molecule is CC1CC(=O)c2c(OC(=O)COc3ccc(Cl)cc3Cl)ccc(F)c21. The molecule has 1 aliphatic rings. The zero-order valence-corrected chi connectivity index (χ0v) is 14.7. The molecule has 3 rings (SSSR count). The van der Waals surface area contributed by atoms with Crippen molar-refractivity contribution in [1.82, 2.24) is 0 Å². The zero-order valence-electron chi connectivity index (χ0n) is 13.1. The van der Waals surface area contributed by atoms with Gasteiger partial charge in [0.2, 0.25) is 0 Å². The van der Waals surface area contributed by atoms with E-state index >= 15 is 0 Å². The third-order valence-electron chi connectivity index (χ3n) is 3.88. The fourth-order valence-corrected chi connectivity index (χ4v) is 3.25. The average molecular weight is 383 g/mol. The van der Waals surface area contributed by atoms with Gasteiger partial charge in [0, 0.05) is 17.0 Å². The van der Waals surface area contributed by atoms with Crippen molar-refractivity contribution in [3.63, 3.8) is 0 Å².